The van der Waals surface area contributed by atoms with E-state index in [-0.39, 0.29) is 0 Å². The summed E-state index contributed by atoms with van der Waals surface area (Å²) < 4.78 is 5.24. The van der Waals surface area contributed by atoms with Crippen LogP contribution < -0.4 is 5.73 Å². The number of hydrogen-bond donors (Lipinski definition) is 1. The number of nitrogens with zero attached hydrogens (tertiary/aromatic N) is 1. The minimum absolute atomic E-state index is 0.498. The minimum Gasteiger partial charge on any atom is -0.380 e. The highest BCUT2D eigenvalue weighted by molar-refractivity contribution is 4.83. The zero-order valence-corrected chi connectivity index (χ0v) is 9.17. The van der Waals surface area contributed by atoms with Crippen LogP contribution in [0.5, 0.6) is 0 Å². The van der Waals surface area contributed by atoms with Gasteiger partial charge in [0.05, 0.1) is 13.2 Å². The molecule has 2 aliphatic heterocycles. The molecule has 0 atom stereocenters. The molecule has 2 fully saturated rings. The van der Waals surface area contributed by atoms with Gasteiger partial charge in [0.25, 0.3) is 0 Å². The van der Waals surface area contributed by atoms with Crippen molar-refractivity contribution in [3.63, 3.8) is 0 Å². The molecule has 0 aromatic carbocycles. The summed E-state index contributed by atoms with van der Waals surface area (Å²) in [6.45, 7) is 8.84. The molecule has 3 heteroatoms. The van der Waals surface area contributed by atoms with Gasteiger partial charge in [-0.3, -0.25) is 0 Å². The highest BCUT2D eigenvalue weighted by Crippen LogP contribution is 2.32. The van der Waals surface area contributed by atoms with Crippen LogP contribution in [0.4, 0.5) is 0 Å². The summed E-state index contributed by atoms with van der Waals surface area (Å²) in [6.07, 6.45) is 2.63. The second kappa shape index (κ2) is 4.17. The van der Waals surface area contributed by atoms with Gasteiger partial charge in [0, 0.05) is 18.5 Å². The fraction of sp³-hybridized carbons (Fsp3) is 1.00. The third-order valence-corrected chi connectivity index (χ3v) is 3.52. The van der Waals surface area contributed by atoms with Gasteiger partial charge in [-0.05, 0) is 31.8 Å². The molecule has 14 heavy (non-hydrogen) atoms. The van der Waals surface area contributed by atoms with Crippen molar-refractivity contribution in [2.24, 2.45) is 17.1 Å². The van der Waals surface area contributed by atoms with E-state index in [1.165, 1.54) is 32.5 Å². The Kier molecular flexibility index (Phi) is 3.10. The molecule has 0 aromatic rings. The van der Waals surface area contributed by atoms with Crippen molar-refractivity contribution in [2.75, 3.05) is 39.4 Å². The highest BCUT2D eigenvalue weighted by Gasteiger charge is 2.33. The molecule has 2 rings (SSSR count). The molecular formula is C11H22N2O. The smallest absolute Gasteiger partial charge is 0.0542 e. The molecule has 0 saturated carbocycles. The molecule has 2 heterocycles. The first kappa shape index (κ1) is 10.4. The Hall–Kier alpha value is -0.120. The normalized spacial score (nSPS) is 27.0. The molecular weight excluding hydrogens is 176 g/mol. The fourth-order valence-corrected chi connectivity index (χ4v) is 2.33. The first-order chi connectivity index (χ1) is 6.72. The van der Waals surface area contributed by atoms with Crippen molar-refractivity contribution >= 4 is 0 Å². The molecule has 0 spiro atoms. The molecule has 2 aliphatic rings. The van der Waals surface area contributed by atoms with Crippen molar-refractivity contribution in [1.29, 1.82) is 0 Å². The fourth-order valence-electron chi connectivity index (χ4n) is 2.33. The quantitative estimate of drug-likeness (QED) is 0.706. The SMILES string of the molecule is CC1(CCCN2CC(CN)C2)COC1. The lowest BCUT2D eigenvalue weighted by atomic mass is 9.83. The monoisotopic (exact) mass is 198 g/mol. The first-order valence-corrected chi connectivity index (χ1v) is 5.72. The van der Waals surface area contributed by atoms with E-state index >= 15 is 0 Å². The topological polar surface area (TPSA) is 38.5 Å². The van der Waals surface area contributed by atoms with Crippen LogP contribution in [0.15, 0.2) is 0 Å². The average molecular weight is 198 g/mol. The van der Waals surface area contributed by atoms with Crippen LogP contribution in [0, 0.1) is 11.3 Å². The van der Waals surface area contributed by atoms with Gasteiger partial charge in [-0.1, -0.05) is 6.92 Å². The molecule has 0 amide bonds. The van der Waals surface area contributed by atoms with Crippen molar-refractivity contribution < 1.29 is 4.74 Å². The lowest BCUT2D eigenvalue weighted by molar-refractivity contribution is -0.107. The Morgan fingerprint density at radius 3 is 2.64 bits per heavy atom. The second-order valence-electron chi connectivity index (χ2n) is 5.27. The van der Waals surface area contributed by atoms with E-state index in [2.05, 4.69) is 11.8 Å². The Morgan fingerprint density at radius 1 is 1.43 bits per heavy atom. The third kappa shape index (κ3) is 2.27. The predicted molar refractivity (Wildman–Crippen MR) is 57.1 cm³/mol. The molecule has 2 N–H and O–H groups in total. The maximum absolute atomic E-state index is 5.58. The van der Waals surface area contributed by atoms with Gasteiger partial charge in [0.2, 0.25) is 0 Å². The Bertz CT molecular complexity index is 186. The summed E-state index contributed by atoms with van der Waals surface area (Å²) in [5.74, 6) is 0.776. The number of rotatable bonds is 5. The summed E-state index contributed by atoms with van der Waals surface area (Å²) in [5, 5.41) is 0. The molecule has 0 aromatic heterocycles. The Balaban J connectivity index is 1.52. The van der Waals surface area contributed by atoms with E-state index in [1.807, 2.05) is 0 Å². The zero-order chi connectivity index (χ0) is 10.0. The van der Waals surface area contributed by atoms with E-state index in [0.29, 0.717) is 5.41 Å². The van der Waals surface area contributed by atoms with Crippen molar-refractivity contribution in [3.05, 3.63) is 0 Å². The maximum atomic E-state index is 5.58. The van der Waals surface area contributed by atoms with Crippen LogP contribution in [0.3, 0.4) is 0 Å². The van der Waals surface area contributed by atoms with Gasteiger partial charge in [-0.15, -0.1) is 0 Å². The Morgan fingerprint density at radius 2 is 2.14 bits per heavy atom. The van der Waals surface area contributed by atoms with Gasteiger partial charge in [-0.25, -0.2) is 0 Å². The zero-order valence-electron chi connectivity index (χ0n) is 9.17. The van der Waals surface area contributed by atoms with Gasteiger partial charge in [0.15, 0.2) is 0 Å². The van der Waals surface area contributed by atoms with Gasteiger partial charge in [-0.2, -0.15) is 0 Å². The molecule has 0 radical (unpaired) electrons. The highest BCUT2D eigenvalue weighted by atomic mass is 16.5. The summed E-state index contributed by atoms with van der Waals surface area (Å²) in [7, 11) is 0. The van der Waals surface area contributed by atoms with E-state index < -0.39 is 0 Å². The van der Waals surface area contributed by atoms with E-state index in [4.69, 9.17) is 10.5 Å². The molecule has 0 unspecified atom stereocenters. The van der Waals surface area contributed by atoms with Crippen LogP contribution in [0.25, 0.3) is 0 Å². The Labute approximate surface area is 86.6 Å². The summed E-state index contributed by atoms with van der Waals surface area (Å²) >= 11 is 0. The number of nitrogens with two attached hydrogens (primary N) is 1. The molecule has 2 saturated heterocycles. The first-order valence-electron chi connectivity index (χ1n) is 5.72. The summed E-state index contributed by atoms with van der Waals surface area (Å²) in [6, 6.07) is 0. The third-order valence-electron chi connectivity index (χ3n) is 3.52. The van der Waals surface area contributed by atoms with Gasteiger partial charge < -0.3 is 15.4 Å². The molecule has 0 aliphatic carbocycles. The van der Waals surface area contributed by atoms with E-state index in [9.17, 15) is 0 Å². The lowest BCUT2D eigenvalue weighted by Gasteiger charge is -2.41. The largest absolute Gasteiger partial charge is 0.380 e. The summed E-state index contributed by atoms with van der Waals surface area (Å²) in [4.78, 5) is 2.51. The molecule has 82 valence electrons. The van der Waals surface area contributed by atoms with Crippen molar-refractivity contribution in [1.82, 2.24) is 4.90 Å². The summed E-state index contributed by atoms with van der Waals surface area (Å²) in [5.41, 5.74) is 6.08. The number of ether oxygens (including phenoxy) is 1. The van der Waals surface area contributed by atoms with Crippen LogP contribution in [-0.2, 0) is 4.74 Å². The molecule has 3 nitrogen and oxygen atoms in total. The van der Waals surface area contributed by atoms with Gasteiger partial charge in [0.1, 0.15) is 0 Å². The van der Waals surface area contributed by atoms with Gasteiger partial charge >= 0.3 is 0 Å². The second-order valence-corrected chi connectivity index (χ2v) is 5.27. The average Bonchev–Trinajstić information content (AvgIpc) is 2.06. The van der Waals surface area contributed by atoms with Crippen LogP contribution in [0.2, 0.25) is 0 Å². The van der Waals surface area contributed by atoms with E-state index in [0.717, 1.165) is 25.7 Å². The van der Waals surface area contributed by atoms with Crippen LogP contribution >= 0.6 is 0 Å². The standard InChI is InChI=1S/C11H22N2O/c1-11(8-14-9-11)3-2-4-13-6-10(5-12)7-13/h10H,2-9,12H2,1H3. The van der Waals surface area contributed by atoms with Crippen molar-refractivity contribution in [2.45, 2.75) is 19.8 Å². The number of hydrogen-bond acceptors (Lipinski definition) is 3. The lowest BCUT2D eigenvalue weighted by Crippen LogP contribution is -2.50. The molecule has 0 bridgehead atoms. The van der Waals surface area contributed by atoms with Crippen LogP contribution in [-0.4, -0.2) is 44.3 Å². The van der Waals surface area contributed by atoms with E-state index in [1.54, 1.807) is 0 Å². The van der Waals surface area contributed by atoms with Crippen molar-refractivity contribution in [3.8, 4) is 0 Å². The minimum atomic E-state index is 0.498. The maximum Gasteiger partial charge on any atom is 0.0542 e. The predicted octanol–water partition coefficient (Wildman–Crippen LogP) is 0.694. The van der Waals surface area contributed by atoms with Crippen LogP contribution in [0.1, 0.15) is 19.8 Å². The number of likely N-dealkylation sites (tertiary alicyclic amines) is 1.